The van der Waals surface area contributed by atoms with Crippen molar-refractivity contribution in [2.75, 3.05) is 37.7 Å². The second-order valence-electron chi connectivity index (χ2n) is 7.53. The molecule has 0 bridgehead atoms. The highest BCUT2D eigenvalue weighted by atomic mass is 32.2. The topological polar surface area (TPSA) is 32.8 Å². The molecular weight excluding hydrogens is 368 g/mol. The molecule has 2 fully saturated rings. The minimum Gasteiger partial charge on any atom is -0.457 e. The number of nitrogens with zero attached hydrogens (tertiary/aromatic N) is 2. The van der Waals surface area contributed by atoms with E-state index >= 15 is 0 Å². The van der Waals surface area contributed by atoms with Crippen molar-refractivity contribution in [2.24, 2.45) is 0 Å². The highest BCUT2D eigenvalue weighted by Gasteiger charge is 2.29. The van der Waals surface area contributed by atoms with Crippen LogP contribution in [0.3, 0.4) is 0 Å². The molecule has 0 aromatic heterocycles. The first kappa shape index (κ1) is 19.3. The van der Waals surface area contributed by atoms with Crippen molar-refractivity contribution in [3.05, 3.63) is 60.2 Å². The summed E-state index contributed by atoms with van der Waals surface area (Å²) < 4.78 is 5.85. The van der Waals surface area contributed by atoms with Crippen LogP contribution in [0.4, 0.5) is 0 Å². The number of para-hydroxylation sites is 1. The first-order valence-electron chi connectivity index (χ1n) is 10.2. The number of likely N-dealkylation sites (tertiary alicyclic amines) is 1. The molecule has 1 amide bonds. The summed E-state index contributed by atoms with van der Waals surface area (Å²) in [7, 11) is 0. The molecular formula is C23H28N2O2S. The molecule has 148 valence electrons. The van der Waals surface area contributed by atoms with E-state index in [0.717, 1.165) is 48.1 Å². The normalized spacial score (nSPS) is 20.7. The van der Waals surface area contributed by atoms with Gasteiger partial charge in [-0.2, -0.15) is 11.8 Å². The van der Waals surface area contributed by atoms with Gasteiger partial charge in [0.1, 0.15) is 11.5 Å². The Morgan fingerprint density at radius 2 is 1.64 bits per heavy atom. The van der Waals surface area contributed by atoms with E-state index in [4.69, 9.17) is 4.74 Å². The summed E-state index contributed by atoms with van der Waals surface area (Å²) in [6, 6.07) is 17.6. The highest BCUT2D eigenvalue weighted by Crippen LogP contribution is 2.24. The number of thioether (sulfide) groups is 1. The first-order chi connectivity index (χ1) is 13.8. The summed E-state index contributed by atoms with van der Waals surface area (Å²) in [6.07, 6.45) is 3.65. The Balaban J connectivity index is 1.44. The Bertz CT molecular complexity index is 760. The zero-order valence-corrected chi connectivity index (χ0v) is 17.1. The lowest BCUT2D eigenvalue weighted by molar-refractivity contribution is 0.0666. The van der Waals surface area contributed by atoms with Crippen LogP contribution >= 0.6 is 11.8 Å². The third-order valence-corrected chi connectivity index (χ3v) is 6.65. The van der Waals surface area contributed by atoms with Crippen LogP contribution in [0.2, 0.25) is 0 Å². The van der Waals surface area contributed by atoms with Crippen molar-refractivity contribution in [3.63, 3.8) is 0 Å². The van der Waals surface area contributed by atoms with Gasteiger partial charge in [-0.25, -0.2) is 0 Å². The lowest BCUT2D eigenvalue weighted by atomic mass is 10.1. The van der Waals surface area contributed by atoms with Gasteiger partial charge in [0.15, 0.2) is 0 Å². The molecule has 0 spiro atoms. The van der Waals surface area contributed by atoms with Crippen molar-refractivity contribution < 1.29 is 9.53 Å². The van der Waals surface area contributed by atoms with Crippen molar-refractivity contribution in [3.8, 4) is 11.5 Å². The molecule has 0 N–H and O–H groups in total. The lowest BCUT2D eigenvalue weighted by Crippen LogP contribution is -2.47. The minimum atomic E-state index is 0.151. The van der Waals surface area contributed by atoms with E-state index in [1.54, 1.807) is 0 Å². The Morgan fingerprint density at radius 3 is 2.39 bits per heavy atom. The molecule has 0 saturated carbocycles. The zero-order valence-electron chi connectivity index (χ0n) is 16.3. The van der Waals surface area contributed by atoms with Crippen molar-refractivity contribution in [2.45, 2.75) is 25.3 Å². The maximum Gasteiger partial charge on any atom is 0.254 e. The number of benzene rings is 2. The highest BCUT2D eigenvalue weighted by molar-refractivity contribution is 7.99. The number of ether oxygens (including phenoxy) is 1. The van der Waals surface area contributed by atoms with Gasteiger partial charge < -0.3 is 14.5 Å². The summed E-state index contributed by atoms with van der Waals surface area (Å²) in [5, 5.41) is 0. The van der Waals surface area contributed by atoms with Crippen molar-refractivity contribution >= 4 is 17.7 Å². The fraction of sp³-hybridized carbons (Fsp3) is 0.435. The molecule has 2 aromatic carbocycles. The van der Waals surface area contributed by atoms with Crippen molar-refractivity contribution in [1.29, 1.82) is 0 Å². The van der Waals surface area contributed by atoms with Gasteiger partial charge in [-0.3, -0.25) is 4.79 Å². The number of rotatable bonds is 5. The van der Waals surface area contributed by atoms with Crippen LogP contribution in [0.15, 0.2) is 54.6 Å². The second kappa shape index (κ2) is 9.48. The average molecular weight is 397 g/mol. The second-order valence-corrected chi connectivity index (χ2v) is 8.68. The monoisotopic (exact) mass is 396 g/mol. The fourth-order valence-electron chi connectivity index (χ4n) is 3.97. The number of carbonyl (C=O) groups excluding carboxylic acids is 1. The molecule has 4 nitrogen and oxygen atoms in total. The van der Waals surface area contributed by atoms with Gasteiger partial charge in [-0.1, -0.05) is 18.2 Å². The van der Waals surface area contributed by atoms with E-state index in [1.807, 2.05) is 66.4 Å². The minimum absolute atomic E-state index is 0.151. The summed E-state index contributed by atoms with van der Waals surface area (Å²) in [5.41, 5.74) is 0.749. The Hall–Kier alpha value is -1.98. The molecule has 28 heavy (non-hydrogen) atoms. The van der Waals surface area contributed by atoms with E-state index < -0.39 is 0 Å². The van der Waals surface area contributed by atoms with E-state index in [-0.39, 0.29) is 5.91 Å². The number of hydrogen-bond donors (Lipinski definition) is 0. The van der Waals surface area contributed by atoms with Gasteiger partial charge in [0.05, 0.1) is 6.04 Å². The average Bonchev–Trinajstić information content (AvgIpc) is 3.13. The maximum atomic E-state index is 13.3. The Kier molecular flexibility index (Phi) is 6.55. The molecule has 2 heterocycles. The molecule has 2 aliphatic rings. The predicted octanol–water partition coefficient (Wildman–Crippen LogP) is 4.52. The molecule has 0 radical (unpaired) electrons. The molecule has 2 aromatic rings. The third-order valence-electron chi connectivity index (χ3n) is 5.45. The van der Waals surface area contributed by atoms with Gasteiger partial charge >= 0.3 is 0 Å². The van der Waals surface area contributed by atoms with Crippen LogP contribution in [-0.4, -0.2) is 59.4 Å². The maximum absolute atomic E-state index is 13.3. The molecule has 2 aliphatic heterocycles. The van der Waals surface area contributed by atoms with Crippen LogP contribution in [-0.2, 0) is 0 Å². The van der Waals surface area contributed by atoms with Crippen LogP contribution in [0.5, 0.6) is 11.5 Å². The number of hydrogen-bond acceptors (Lipinski definition) is 4. The van der Waals surface area contributed by atoms with E-state index in [2.05, 4.69) is 9.80 Å². The molecule has 0 aliphatic carbocycles. The van der Waals surface area contributed by atoms with Crippen LogP contribution in [0.1, 0.15) is 29.6 Å². The molecule has 4 rings (SSSR count). The number of amides is 1. The van der Waals surface area contributed by atoms with E-state index in [0.29, 0.717) is 6.04 Å². The standard InChI is InChI=1S/C23H28N2O2S/c26-23(19-9-11-22(12-10-19)27-21-7-2-1-3-8-21)25-15-6-16-28-18-20(25)17-24-13-4-5-14-24/h1-3,7-12,20H,4-6,13-18H2/t20-/m1/s1. The smallest absolute Gasteiger partial charge is 0.254 e. The Labute approximate surface area is 171 Å². The summed E-state index contributed by atoms with van der Waals surface area (Å²) >= 11 is 1.99. The first-order valence-corrected chi connectivity index (χ1v) is 11.4. The van der Waals surface area contributed by atoms with Gasteiger partial charge in [0.25, 0.3) is 5.91 Å². The van der Waals surface area contributed by atoms with Crippen LogP contribution in [0, 0.1) is 0 Å². The van der Waals surface area contributed by atoms with Crippen molar-refractivity contribution in [1.82, 2.24) is 9.80 Å². The van der Waals surface area contributed by atoms with Gasteiger partial charge in [-0.15, -0.1) is 0 Å². The SMILES string of the molecule is O=C(c1ccc(Oc2ccccc2)cc1)N1CCCSC[C@H]1CN1CCCC1. The molecule has 5 heteroatoms. The number of carbonyl (C=O) groups is 1. The van der Waals surface area contributed by atoms with E-state index in [1.165, 1.54) is 25.9 Å². The Morgan fingerprint density at radius 1 is 0.929 bits per heavy atom. The summed E-state index contributed by atoms with van der Waals surface area (Å²) in [5.74, 6) is 3.89. The lowest BCUT2D eigenvalue weighted by Gasteiger charge is -2.32. The molecule has 0 unspecified atom stereocenters. The largest absolute Gasteiger partial charge is 0.457 e. The fourth-order valence-corrected chi connectivity index (χ4v) is 5.02. The van der Waals surface area contributed by atoms with Crippen LogP contribution < -0.4 is 4.74 Å². The molecule has 1 atom stereocenters. The quantitative estimate of drug-likeness (QED) is 0.744. The molecule has 2 saturated heterocycles. The predicted molar refractivity (Wildman–Crippen MR) is 115 cm³/mol. The summed E-state index contributed by atoms with van der Waals surface area (Å²) in [4.78, 5) is 17.9. The van der Waals surface area contributed by atoms with Crippen LogP contribution in [0.25, 0.3) is 0 Å². The van der Waals surface area contributed by atoms with Gasteiger partial charge in [-0.05, 0) is 74.5 Å². The summed E-state index contributed by atoms with van der Waals surface area (Å²) in [6.45, 7) is 4.21. The van der Waals surface area contributed by atoms with Gasteiger partial charge in [0.2, 0.25) is 0 Å². The third kappa shape index (κ3) is 4.89. The van der Waals surface area contributed by atoms with Gasteiger partial charge in [0, 0.05) is 24.4 Å². The van der Waals surface area contributed by atoms with E-state index in [9.17, 15) is 4.79 Å². The zero-order chi connectivity index (χ0) is 19.2.